The Labute approximate surface area is 202 Å². The topological polar surface area (TPSA) is 83.5 Å². The molecule has 2 aromatic rings. The third-order valence-corrected chi connectivity index (χ3v) is 7.73. The van der Waals surface area contributed by atoms with Crippen molar-refractivity contribution in [2.24, 2.45) is 0 Å². The van der Waals surface area contributed by atoms with Gasteiger partial charge in [-0.15, -0.1) is 0 Å². The van der Waals surface area contributed by atoms with Crippen LogP contribution in [0.15, 0.2) is 42.6 Å². The van der Waals surface area contributed by atoms with E-state index in [1.54, 1.807) is 32.9 Å². The van der Waals surface area contributed by atoms with Gasteiger partial charge in [0.2, 0.25) is 0 Å². The number of hydrogen-bond donors (Lipinski definition) is 0. The maximum Gasteiger partial charge on any atom is 0.344 e. The zero-order chi connectivity index (χ0) is 23.2. The second kappa shape index (κ2) is 8.65. The summed E-state index contributed by atoms with van der Waals surface area (Å²) in [6.45, 7) is 10.9. The molecule has 0 spiro atoms. The molecule has 9 heteroatoms. The van der Waals surface area contributed by atoms with Crippen LogP contribution in [0.2, 0.25) is 0 Å². The molecule has 5 nitrogen and oxygen atoms in total. The van der Waals surface area contributed by atoms with Crippen molar-refractivity contribution in [1.29, 1.82) is 0 Å². The van der Waals surface area contributed by atoms with Gasteiger partial charge in [0, 0.05) is 19.0 Å². The lowest BCUT2D eigenvalue weighted by Crippen LogP contribution is -2.22. The summed E-state index contributed by atoms with van der Waals surface area (Å²) in [5.74, 6) is -0.403. The van der Waals surface area contributed by atoms with Gasteiger partial charge in [0.1, 0.15) is 15.9 Å². The van der Waals surface area contributed by atoms with E-state index in [4.69, 9.17) is 4.74 Å². The second-order valence-electron chi connectivity index (χ2n) is 8.94. The molecule has 0 heterocycles. The number of rotatable bonds is 3. The first-order chi connectivity index (χ1) is 13.4. The molecule has 0 aliphatic carbocycles. The van der Waals surface area contributed by atoms with E-state index in [9.17, 15) is 17.8 Å². The summed E-state index contributed by atoms with van der Waals surface area (Å²) < 4.78 is 43.6. The van der Waals surface area contributed by atoms with E-state index in [1.807, 2.05) is 20.8 Å². The maximum atomic E-state index is 13.0. The molecular weight excluding hydrogens is 604 g/mol. The van der Waals surface area contributed by atoms with Crippen LogP contribution in [0.25, 0.3) is 0 Å². The van der Waals surface area contributed by atoms with Crippen LogP contribution in [0.3, 0.4) is 0 Å². The molecule has 0 aromatic heterocycles. The van der Waals surface area contributed by atoms with Crippen molar-refractivity contribution in [3.8, 4) is 5.75 Å². The van der Waals surface area contributed by atoms with Gasteiger partial charge in [-0.1, -0.05) is 57.5 Å². The highest BCUT2D eigenvalue weighted by atomic mass is 79.9. The lowest BCUT2D eigenvalue weighted by atomic mass is 9.81. The van der Waals surface area contributed by atoms with Gasteiger partial charge in [-0.05, 0) is 72.5 Å². The van der Waals surface area contributed by atoms with Gasteiger partial charge >= 0.3 is 5.97 Å². The molecule has 2 aromatic carbocycles. The fourth-order valence-electron chi connectivity index (χ4n) is 2.88. The van der Waals surface area contributed by atoms with Crippen LogP contribution in [0, 0.1) is 0 Å². The van der Waals surface area contributed by atoms with Crippen LogP contribution in [0.5, 0.6) is 5.75 Å². The molecule has 0 bridgehead atoms. The van der Waals surface area contributed by atoms with Crippen LogP contribution < -0.4 is 4.74 Å². The molecule has 0 atom stereocenters. The van der Waals surface area contributed by atoms with Gasteiger partial charge in [0.15, 0.2) is 0 Å². The van der Waals surface area contributed by atoms with Gasteiger partial charge in [0.05, 0.1) is 10.5 Å². The highest BCUT2D eigenvalue weighted by molar-refractivity contribution is 9.13. The quantitative estimate of drug-likeness (QED) is 0.164. The summed E-state index contributed by atoms with van der Waals surface area (Å²) in [5, 5.41) is 0. The number of carbonyl (C=O) groups excluding carboxylic acids is 1. The zero-order valence-corrected chi connectivity index (χ0v) is 23.0. The second-order valence-corrected chi connectivity index (χ2v) is 12.8. The van der Waals surface area contributed by atoms with Crippen LogP contribution >= 0.6 is 47.8 Å². The van der Waals surface area contributed by atoms with Gasteiger partial charge in [-0.2, -0.15) is 0 Å². The van der Waals surface area contributed by atoms with Gasteiger partial charge in [-0.3, -0.25) is 0 Å². The molecular formula is C21H22Br3O5S-. The van der Waals surface area contributed by atoms with E-state index in [2.05, 4.69) is 47.8 Å². The molecule has 0 radical (unpaired) electrons. The monoisotopic (exact) mass is 623 g/mol. The third-order valence-electron chi connectivity index (χ3n) is 4.38. The van der Waals surface area contributed by atoms with Crippen molar-refractivity contribution in [3.05, 3.63) is 54.4 Å². The van der Waals surface area contributed by atoms with Crippen molar-refractivity contribution < 1.29 is 22.5 Å². The molecule has 0 fully saturated rings. The largest absolute Gasteiger partial charge is 0.744 e. The fourth-order valence-corrected chi connectivity index (χ4v) is 5.40. The van der Waals surface area contributed by atoms with Gasteiger partial charge < -0.3 is 9.29 Å². The number of halogens is 3. The Morgan fingerprint density at radius 3 is 1.90 bits per heavy atom. The Bertz CT molecular complexity index is 1110. The Morgan fingerprint density at radius 2 is 1.43 bits per heavy atom. The fraction of sp³-hybridized carbons (Fsp3) is 0.381. The Morgan fingerprint density at radius 1 is 0.900 bits per heavy atom. The molecule has 0 N–H and O–H groups in total. The first kappa shape index (κ1) is 25.5. The minimum absolute atomic E-state index is 0.216. The molecule has 30 heavy (non-hydrogen) atoms. The van der Waals surface area contributed by atoms with E-state index in [0.717, 1.165) is 0 Å². The normalized spacial score (nSPS) is 12.7. The van der Waals surface area contributed by atoms with E-state index >= 15 is 0 Å². The Hall–Kier alpha value is -0.740. The van der Waals surface area contributed by atoms with E-state index in [0.29, 0.717) is 24.5 Å². The number of ether oxygens (including phenoxy) is 1. The van der Waals surface area contributed by atoms with Crippen LogP contribution in [0.4, 0.5) is 0 Å². The number of esters is 1. The number of carbonyl (C=O) groups is 1. The average molecular weight is 626 g/mol. The van der Waals surface area contributed by atoms with Crippen LogP contribution in [-0.2, 0) is 20.9 Å². The third kappa shape index (κ3) is 5.73. The molecule has 0 saturated heterocycles. The molecule has 0 saturated carbocycles. The summed E-state index contributed by atoms with van der Waals surface area (Å²) in [6.07, 6.45) is 0. The van der Waals surface area contributed by atoms with Crippen LogP contribution in [-0.4, -0.2) is 18.9 Å². The summed E-state index contributed by atoms with van der Waals surface area (Å²) in [4.78, 5) is 12.7. The van der Waals surface area contributed by atoms with E-state index in [-0.39, 0.29) is 16.2 Å². The lowest BCUT2D eigenvalue weighted by molar-refractivity contribution is 0.0730. The van der Waals surface area contributed by atoms with E-state index in [1.165, 1.54) is 12.1 Å². The first-order valence-corrected chi connectivity index (χ1v) is 12.7. The highest BCUT2D eigenvalue weighted by Gasteiger charge is 2.29. The summed E-state index contributed by atoms with van der Waals surface area (Å²) >= 11 is 10.1. The van der Waals surface area contributed by atoms with E-state index < -0.39 is 26.9 Å². The predicted molar refractivity (Wildman–Crippen MR) is 126 cm³/mol. The van der Waals surface area contributed by atoms with Crippen molar-refractivity contribution in [2.45, 2.75) is 57.3 Å². The molecule has 2 rings (SSSR count). The first-order valence-electron chi connectivity index (χ1n) is 8.94. The van der Waals surface area contributed by atoms with Crippen molar-refractivity contribution in [2.75, 3.05) is 0 Å². The highest BCUT2D eigenvalue weighted by Crippen LogP contribution is 2.40. The summed E-state index contributed by atoms with van der Waals surface area (Å²) in [6, 6.07) is 6.23. The van der Waals surface area contributed by atoms with Gasteiger partial charge in [0.25, 0.3) is 0 Å². The van der Waals surface area contributed by atoms with Crippen molar-refractivity contribution in [1.82, 2.24) is 0 Å². The molecule has 164 valence electrons. The average Bonchev–Trinajstić information content (AvgIpc) is 2.54. The Balaban J connectivity index is 2.74. The lowest BCUT2D eigenvalue weighted by Gasteiger charge is -2.29. The predicted octanol–water partition coefficient (Wildman–Crippen LogP) is 6.69. The van der Waals surface area contributed by atoms with Crippen molar-refractivity contribution in [3.63, 3.8) is 0 Å². The molecule has 0 unspecified atom stereocenters. The number of hydrogen-bond acceptors (Lipinski definition) is 5. The minimum Gasteiger partial charge on any atom is -0.744 e. The molecule has 0 aliphatic heterocycles. The maximum absolute atomic E-state index is 13.0. The molecule has 0 aliphatic rings. The zero-order valence-electron chi connectivity index (χ0n) is 17.4. The summed E-state index contributed by atoms with van der Waals surface area (Å²) in [7, 11) is -4.73. The van der Waals surface area contributed by atoms with Crippen LogP contribution in [0.1, 0.15) is 63.0 Å². The Kier molecular flexibility index (Phi) is 7.36. The number of benzene rings is 2. The standard InChI is InChI=1S/C21H23Br3O5S/c1-20(2,3)13-10-17(30(26,27)28)14(21(4,5)6)9-16(13)29-19(25)12-7-11(22)8-15(23)18(12)24/h7-10H,1-6H3,(H,26,27,28)/p-1. The minimum atomic E-state index is -4.73. The summed E-state index contributed by atoms with van der Waals surface area (Å²) in [5.41, 5.74) is -0.218. The molecule has 0 amide bonds. The SMILES string of the molecule is CC(C)(C)c1cc(S(=O)(=O)[O-])c(C(C)(C)C)cc1OC(=O)c1cc(Br)cc(Br)c1Br. The smallest absolute Gasteiger partial charge is 0.344 e. The van der Waals surface area contributed by atoms with Gasteiger partial charge in [-0.25, -0.2) is 13.2 Å². The van der Waals surface area contributed by atoms with Crippen molar-refractivity contribution >= 4 is 63.9 Å².